The molecule has 3 atom stereocenters. The zero-order chi connectivity index (χ0) is 15.1. The van der Waals surface area contributed by atoms with Gasteiger partial charge in [-0.2, -0.15) is 0 Å². The van der Waals surface area contributed by atoms with Crippen LogP contribution in [-0.2, 0) is 0 Å². The molecule has 0 radical (unpaired) electrons. The fourth-order valence-electron chi connectivity index (χ4n) is 3.51. The minimum absolute atomic E-state index is 0.140. The molecule has 0 spiro atoms. The Morgan fingerprint density at radius 2 is 2.09 bits per heavy atom. The predicted molar refractivity (Wildman–Crippen MR) is 81.6 cm³/mol. The van der Waals surface area contributed by atoms with E-state index in [4.69, 9.17) is 4.42 Å². The molecule has 4 rings (SSSR count). The van der Waals surface area contributed by atoms with Crippen molar-refractivity contribution < 1.29 is 14.3 Å². The second-order valence-corrected chi connectivity index (χ2v) is 6.04. The molecule has 114 valence electrons. The fourth-order valence-corrected chi connectivity index (χ4v) is 3.51. The molecule has 5 nitrogen and oxygen atoms in total. The van der Waals surface area contributed by atoms with Crippen LogP contribution in [0.3, 0.4) is 0 Å². The first-order chi connectivity index (χ1) is 10.7. The molecule has 2 aliphatic rings. The van der Waals surface area contributed by atoms with Crippen molar-refractivity contribution in [1.82, 2.24) is 10.6 Å². The van der Waals surface area contributed by atoms with Crippen molar-refractivity contribution >= 4 is 5.91 Å². The molecule has 2 aromatic rings. The standard InChI is InChI=1S/C17H18N2O3/c20-14-4-2-1-3-11(14)15-7-8-16(22-15)17(21)19-13-9-10-5-6-12(13)18-10/h1-4,7-8,10,12-13,18,20H,5-6,9H2,(H,19,21)/t10-,12+,13-/m1/s1. The number of para-hydroxylation sites is 1. The first kappa shape index (κ1) is 13.4. The third-order valence-electron chi connectivity index (χ3n) is 4.62. The molecular weight excluding hydrogens is 280 g/mol. The summed E-state index contributed by atoms with van der Waals surface area (Å²) in [6.07, 6.45) is 3.32. The summed E-state index contributed by atoms with van der Waals surface area (Å²) in [5, 5.41) is 16.4. The predicted octanol–water partition coefficient (Wildman–Crippen LogP) is 2.27. The molecule has 1 aromatic heterocycles. The van der Waals surface area contributed by atoms with Crippen molar-refractivity contribution in [2.75, 3.05) is 0 Å². The van der Waals surface area contributed by atoms with Gasteiger partial charge in [0.25, 0.3) is 5.91 Å². The van der Waals surface area contributed by atoms with Gasteiger partial charge in [-0.25, -0.2) is 0 Å². The molecule has 1 amide bonds. The summed E-state index contributed by atoms with van der Waals surface area (Å²) >= 11 is 0. The van der Waals surface area contributed by atoms with Crippen LogP contribution in [0.4, 0.5) is 0 Å². The molecule has 0 unspecified atom stereocenters. The average Bonchev–Trinajstić information content (AvgIpc) is 3.24. The maximum atomic E-state index is 12.3. The van der Waals surface area contributed by atoms with Crippen molar-refractivity contribution in [1.29, 1.82) is 0 Å². The number of phenols is 1. The van der Waals surface area contributed by atoms with Crippen LogP contribution < -0.4 is 10.6 Å². The zero-order valence-electron chi connectivity index (χ0n) is 12.1. The largest absolute Gasteiger partial charge is 0.507 e. The summed E-state index contributed by atoms with van der Waals surface area (Å²) in [5.74, 6) is 0.720. The van der Waals surface area contributed by atoms with Crippen molar-refractivity contribution in [3.8, 4) is 17.1 Å². The molecule has 2 bridgehead atoms. The molecule has 0 aliphatic carbocycles. The van der Waals surface area contributed by atoms with Crippen molar-refractivity contribution in [2.24, 2.45) is 0 Å². The maximum absolute atomic E-state index is 12.3. The summed E-state index contributed by atoms with van der Waals surface area (Å²) in [7, 11) is 0. The summed E-state index contributed by atoms with van der Waals surface area (Å²) in [5.41, 5.74) is 0.586. The lowest BCUT2D eigenvalue weighted by atomic mass is 9.95. The van der Waals surface area contributed by atoms with Crippen molar-refractivity contribution in [2.45, 2.75) is 37.4 Å². The van der Waals surface area contributed by atoms with Gasteiger partial charge in [0.2, 0.25) is 0 Å². The highest BCUT2D eigenvalue weighted by atomic mass is 16.4. The van der Waals surface area contributed by atoms with Gasteiger partial charge >= 0.3 is 0 Å². The second-order valence-electron chi connectivity index (χ2n) is 6.04. The topological polar surface area (TPSA) is 74.5 Å². The minimum Gasteiger partial charge on any atom is -0.507 e. The molecular formula is C17H18N2O3. The third kappa shape index (κ3) is 2.27. The van der Waals surface area contributed by atoms with Gasteiger partial charge in [-0.15, -0.1) is 0 Å². The van der Waals surface area contributed by atoms with Gasteiger partial charge in [0.05, 0.1) is 5.56 Å². The Labute approximate surface area is 128 Å². The number of phenolic OH excluding ortho intramolecular Hbond substituents is 1. The number of fused-ring (bicyclic) bond motifs is 2. The molecule has 0 saturated carbocycles. The highest BCUT2D eigenvalue weighted by Crippen LogP contribution is 2.31. The Balaban J connectivity index is 1.49. The van der Waals surface area contributed by atoms with Gasteiger partial charge in [-0.05, 0) is 43.5 Å². The SMILES string of the molecule is O=C(N[C@@H]1C[C@H]2CC[C@@H]1N2)c1ccc(-c2ccccc2O)o1. The van der Waals surface area contributed by atoms with Gasteiger partial charge in [0.15, 0.2) is 5.76 Å². The minimum atomic E-state index is -0.193. The quantitative estimate of drug-likeness (QED) is 0.812. The van der Waals surface area contributed by atoms with Crippen LogP contribution >= 0.6 is 0 Å². The Hall–Kier alpha value is -2.27. The van der Waals surface area contributed by atoms with E-state index in [-0.39, 0.29) is 23.5 Å². The van der Waals surface area contributed by atoms with E-state index in [2.05, 4.69) is 10.6 Å². The summed E-state index contributed by atoms with van der Waals surface area (Å²) in [6.45, 7) is 0. The Kier molecular flexibility index (Phi) is 3.15. The van der Waals surface area contributed by atoms with E-state index in [1.54, 1.807) is 30.3 Å². The maximum Gasteiger partial charge on any atom is 0.287 e. The number of carbonyl (C=O) groups is 1. The number of rotatable bonds is 3. The number of hydrogen-bond donors (Lipinski definition) is 3. The number of aromatic hydroxyl groups is 1. The van der Waals surface area contributed by atoms with E-state index < -0.39 is 0 Å². The van der Waals surface area contributed by atoms with E-state index in [0.717, 1.165) is 12.8 Å². The van der Waals surface area contributed by atoms with E-state index >= 15 is 0 Å². The van der Waals surface area contributed by atoms with Crippen LogP contribution in [0.2, 0.25) is 0 Å². The van der Waals surface area contributed by atoms with Gasteiger partial charge in [-0.1, -0.05) is 12.1 Å². The van der Waals surface area contributed by atoms with Crippen LogP contribution in [0, 0.1) is 0 Å². The number of carbonyl (C=O) groups excluding carboxylic acids is 1. The average molecular weight is 298 g/mol. The number of furan rings is 1. The molecule has 5 heteroatoms. The lowest BCUT2D eigenvalue weighted by Gasteiger charge is -2.20. The number of hydrogen-bond acceptors (Lipinski definition) is 4. The zero-order valence-corrected chi connectivity index (χ0v) is 12.1. The lowest BCUT2D eigenvalue weighted by Crippen LogP contribution is -2.42. The van der Waals surface area contributed by atoms with Crippen LogP contribution in [-0.4, -0.2) is 29.1 Å². The van der Waals surface area contributed by atoms with Crippen molar-refractivity contribution in [3.05, 3.63) is 42.2 Å². The molecule has 3 heterocycles. The Morgan fingerprint density at radius 3 is 2.82 bits per heavy atom. The summed E-state index contributed by atoms with van der Waals surface area (Å²) in [4.78, 5) is 12.3. The van der Waals surface area contributed by atoms with Gasteiger partial charge in [0, 0.05) is 18.1 Å². The fraction of sp³-hybridized carbons (Fsp3) is 0.353. The van der Waals surface area contributed by atoms with E-state index in [1.165, 1.54) is 6.42 Å². The number of benzene rings is 1. The van der Waals surface area contributed by atoms with Gasteiger partial charge in [0.1, 0.15) is 11.5 Å². The van der Waals surface area contributed by atoms with Crippen LogP contribution in [0.1, 0.15) is 29.8 Å². The molecule has 2 saturated heterocycles. The van der Waals surface area contributed by atoms with Crippen molar-refractivity contribution in [3.63, 3.8) is 0 Å². The molecule has 2 fully saturated rings. The normalized spacial score (nSPS) is 26.3. The summed E-state index contributed by atoms with van der Waals surface area (Å²) < 4.78 is 5.61. The molecule has 2 aliphatic heterocycles. The van der Waals surface area contributed by atoms with Gasteiger partial charge in [-0.3, -0.25) is 4.79 Å². The van der Waals surface area contributed by atoms with E-state index in [0.29, 0.717) is 23.4 Å². The molecule has 22 heavy (non-hydrogen) atoms. The smallest absolute Gasteiger partial charge is 0.287 e. The van der Waals surface area contributed by atoms with E-state index in [1.807, 2.05) is 6.07 Å². The third-order valence-corrected chi connectivity index (χ3v) is 4.62. The number of nitrogens with one attached hydrogen (secondary N) is 2. The second kappa shape index (κ2) is 5.18. The molecule has 1 aromatic carbocycles. The number of amides is 1. The summed E-state index contributed by atoms with van der Waals surface area (Å²) in [6, 6.07) is 11.4. The monoisotopic (exact) mass is 298 g/mol. The highest BCUT2D eigenvalue weighted by molar-refractivity contribution is 5.92. The Bertz CT molecular complexity index is 709. The molecule has 3 N–H and O–H groups in total. The first-order valence-corrected chi connectivity index (χ1v) is 7.66. The first-order valence-electron chi connectivity index (χ1n) is 7.66. The lowest BCUT2D eigenvalue weighted by molar-refractivity contribution is 0.0903. The highest BCUT2D eigenvalue weighted by Gasteiger charge is 2.39. The van der Waals surface area contributed by atoms with E-state index in [9.17, 15) is 9.90 Å². The Morgan fingerprint density at radius 1 is 1.23 bits per heavy atom. The van der Waals surface area contributed by atoms with Crippen LogP contribution in [0.15, 0.2) is 40.8 Å². The van der Waals surface area contributed by atoms with Crippen LogP contribution in [0.5, 0.6) is 5.75 Å². The van der Waals surface area contributed by atoms with Gasteiger partial charge < -0.3 is 20.2 Å². The van der Waals surface area contributed by atoms with Crippen LogP contribution in [0.25, 0.3) is 11.3 Å².